The van der Waals surface area contributed by atoms with E-state index in [4.69, 9.17) is 4.98 Å². The molecule has 0 radical (unpaired) electrons. The van der Waals surface area contributed by atoms with Crippen molar-refractivity contribution >= 4 is 17.2 Å². The zero-order valence-corrected chi connectivity index (χ0v) is 17.7. The Labute approximate surface area is 176 Å². The highest BCUT2D eigenvalue weighted by atomic mass is 16.3. The largest absolute Gasteiger partial charge is 0.508 e. The number of nitrogens with zero attached hydrogens (tertiary/aromatic N) is 2. The Morgan fingerprint density at radius 1 is 0.967 bits per heavy atom. The van der Waals surface area contributed by atoms with Crippen LogP contribution in [0.3, 0.4) is 0 Å². The Morgan fingerprint density at radius 3 is 2.50 bits per heavy atom. The minimum absolute atomic E-state index is 0.128. The molecule has 0 unspecified atom stereocenters. The van der Waals surface area contributed by atoms with Gasteiger partial charge in [-0.2, -0.15) is 0 Å². The molecule has 4 rings (SSSR count). The number of aryl methyl sites for hydroxylation is 4. The SMILES string of the molecule is Cc1ccc(-c2nc3c(C)cccn3c2CC(=O)Nc2ccc(O)cc2C)cc1C. The predicted octanol–water partition coefficient (Wildman–Crippen LogP) is 5.12. The molecule has 0 aliphatic heterocycles. The summed E-state index contributed by atoms with van der Waals surface area (Å²) in [5.41, 5.74) is 8.51. The molecule has 152 valence electrons. The van der Waals surface area contributed by atoms with Crippen LogP contribution < -0.4 is 5.32 Å². The first-order valence-corrected chi connectivity index (χ1v) is 9.97. The smallest absolute Gasteiger partial charge is 0.230 e. The Kier molecular flexibility index (Phi) is 5.04. The lowest BCUT2D eigenvalue weighted by Crippen LogP contribution is -2.16. The van der Waals surface area contributed by atoms with Gasteiger partial charge in [0, 0.05) is 17.4 Å². The first-order chi connectivity index (χ1) is 14.3. The number of hydrogen-bond donors (Lipinski definition) is 2. The summed E-state index contributed by atoms with van der Waals surface area (Å²) in [6.07, 6.45) is 2.14. The third-order valence-corrected chi connectivity index (χ3v) is 5.54. The molecule has 0 bridgehead atoms. The van der Waals surface area contributed by atoms with Gasteiger partial charge in [-0.1, -0.05) is 18.2 Å². The number of phenols is 1. The molecule has 0 atom stereocenters. The number of benzene rings is 2. The van der Waals surface area contributed by atoms with Crippen molar-refractivity contribution < 1.29 is 9.90 Å². The zero-order valence-electron chi connectivity index (χ0n) is 17.7. The van der Waals surface area contributed by atoms with E-state index in [-0.39, 0.29) is 18.1 Å². The lowest BCUT2D eigenvalue weighted by atomic mass is 10.0. The first-order valence-electron chi connectivity index (χ1n) is 9.97. The van der Waals surface area contributed by atoms with Crippen molar-refractivity contribution in [1.82, 2.24) is 9.38 Å². The number of phenolic OH excluding ortho intramolecular Hbond substituents is 1. The van der Waals surface area contributed by atoms with Gasteiger partial charge in [0.05, 0.1) is 17.8 Å². The number of carbonyl (C=O) groups excluding carboxylic acids is 1. The number of amides is 1. The van der Waals surface area contributed by atoms with Crippen LogP contribution in [0.4, 0.5) is 5.69 Å². The maximum atomic E-state index is 12.9. The normalized spacial score (nSPS) is 11.1. The lowest BCUT2D eigenvalue weighted by molar-refractivity contribution is -0.115. The molecule has 5 heteroatoms. The number of fused-ring (bicyclic) bond motifs is 1. The molecule has 0 spiro atoms. The molecular weight excluding hydrogens is 374 g/mol. The van der Waals surface area contributed by atoms with Crippen LogP contribution in [0.1, 0.15) is 27.9 Å². The summed E-state index contributed by atoms with van der Waals surface area (Å²) < 4.78 is 2.00. The van der Waals surface area contributed by atoms with Crippen LogP contribution >= 0.6 is 0 Å². The van der Waals surface area contributed by atoms with E-state index >= 15 is 0 Å². The Hall–Kier alpha value is -3.60. The monoisotopic (exact) mass is 399 g/mol. The fraction of sp³-hybridized carbons (Fsp3) is 0.200. The van der Waals surface area contributed by atoms with Gasteiger partial charge in [-0.15, -0.1) is 0 Å². The number of hydrogen-bond acceptors (Lipinski definition) is 3. The number of rotatable bonds is 4. The van der Waals surface area contributed by atoms with Crippen LogP contribution in [0.25, 0.3) is 16.9 Å². The number of anilines is 1. The summed E-state index contributed by atoms with van der Waals surface area (Å²) in [4.78, 5) is 17.8. The summed E-state index contributed by atoms with van der Waals surface area (Å²) in [6.45, 7) is 8.05. The summed E-state index contributed by atoms with van der Waals surface area (Å²) in [5, 5.41) is 12.6. The molecule has 30 heavy (non-hydrogen) atoms. The van der Waals surface area contributed by atoms with Crippen LogP contribution in [0.2, 0.25) is 0 Å². The highest BCUT2D eigenvalue weighted by molar-refractivity contribution is 5.94. The maximum Gasteiger partial charge on any atom is 0.230 e. The number of pyridine rings is 1. The predicted molar refractivity (Wildman–Crippen MR) is 120 cm³/mol. The van der Waals surface area contributed by atoms with E-state index in [0.29, 0.717) is 5.69 Å². The lowest BCUT2D eigenvalue weighted by Gasteiger charge is -2.10. The van der Waals surface area contributed by atoms with E-state index in [1.165, 1.54) is 11.1 Å². The fourth-order valence-corrected chi connectivity index (χ4v) is 3.68. The van der Waals surface area contributed by atoms with Gasteiger partial charge in [0.25, 0.3) is 0 Å². The molecule has 2 aromatic heterocycles. The van der Waals surface area contributed by atoms with E-state index in [2.05, 4.69) is 37.4 Å². The van der Waals surface area contributed by atoms with Crippen molar-refractivity contribution in [2.24, 2.45) is 0 Å². The number of imidazole rings is 1. The van der Waals surface area contributed by atoms with Crippen LogP contribution in [0.5, 0.6) is 5.75 Å². The van der Waals surface area contributed by atoms with Gasteiger partial charge in [-0.3, -0.25) is 4.79 Å². The van der Waals surface area contributed by atoms with E-state index < -0.39 is 0 Å². The minimum atomic E-state index is -0.128. The second-order valence-electron chi connectivity index (χ2n) is 7.82. The van der Waals surface area contributed by atoms with Crippen LogP contribution in [-0.4, -0.2) is 20.4 Å². The van der Waals surface area contributed by atoms with E-state index in [0.717, 1.165) is 33.7 Å². The molecular formula is C25H25N3O2. The van der Waals surface area contributed by atoms with Crippen molar-refractivity contribution in [3.63, 3.8) is 0 Å². The quantitative estimate of drug-likeness (QED) is 0.468. The van der Waals surface area contributed by atoms with Gasteiger partial charge in [0.15, 0.2) is 0 Å². The molecule has 4 aromatic rings. The highest BCUT2D eigenvalue weighted by Crippen LogP contribution is 2.28. The van der Waals surface area contributed by atoms with Crippen molar-refractivity contribution in [1.29, 1.82) is 0 Å². The van der Waals surface area contributed by atoms with Crippen molar-refractivity contribution in [2.45, 2.75) is 34.1 Å². The molecule has 0 aliphatic carbocycles. The highest BCUT2D eigenvalue weighted by Gasteiger charge is 2.19. The van der Waals surface area contributed by atoms with Crippen LogP contribution in [0, 0.1) is 27.7 Å². The van der Waals surface area contributed by atoms with Crippen molar-refractivity contribution in [3.8, 4) is 17.0 Å². The number of aromatic nitrogens is 2. The van der Waals surface area contributed by atoms with E-state index in [1.54, 1.807) is 18.2 Å². The van der Waals surface area contributed by atoms with Gasteiger partial charge in [0.2, 0.25) is 5.91 Å². The summed E-state index contributed by atoms with van der Waals surface area (Å²) in [5.74, 6) is 0.0527. The first kappa shape index (κ1) is 19.7. The Balaban J connectivity index is 1.76. The van der Waals surface area contributed by atoms with Gasteiger partial charge in [0.1, 0.15) is 11.4 Å². The number of nitrogens with one attached hydrogen (secondary N) is 1. The summed E-state index contributed by atoms with van der Waals surface area (Å²) >= 11 is 0. The molecule has 0 fully saturated rings. The Bertz CT molecular complexity index is 1270. The van der Waals surface area contributed by atoms with Crippen LogP contribution in [-0.2, 0) is 11.2 Å². The Morgan fingerprint density at radius 2 is 1.77 bits per heavy atom. The average molecular weight is 399 g/mol. The number of carbonyl (C=O) groups is 1. The molecule has 0 aliphatic rings. The zero-order chi connectivity index (χ0) is 21.4. The fourth-order valence-electron chi connectivity index (χ4n) is 3.68. The molecule has 1 amide bonds. The van der Waals surface area contributed by atoms with E-state index in [9.17, 15) is 9.90 Å². The van der Waals surface area contributed by atoms with Crippen LogP contribution in [0.15, 0.2) is 54.7 Å². The van der Waals surface area contributed by atoms with Gasteiger partial charge < -0.3 is 14.8 Å². The topological polar surface area (TPSA) is 66.6 Å². The van der Waals surface area contributed by atoms with Gasteiger partial charge >= 0.3 is 0 Å². The third kappa shape index (κ3) is 3.66. The average Bonchev–Trinajstić information content (AvgIpc) is 3.06. The molecule has 5 nitrogen and oxygen atoms in total. The molecule has 0 saturated carbocycles. The van der Waals surface area contributed by atoms with Gasteiger partial charge in [-0.25, -0.2) is 4.98 Å². The third-order valence-electron chi connectivity index (χ3n) is 5.54. The molecule has 2 aromatic carbocycles. The minimum Gasteiger partial charge on any atom is -0.508 e. The molecule has 2 heterocycles. The number of aromatic hydroxyl groups is 1. The van der Waals surface area contributed by atoms with E-state index in [1.807, 2.05) is 36.6 Å². The van der Waals surface area contributed by atoms with Crippen molar-refractivity contribution in [3.05, 3.63) is 82.7 Å². The van der Waals surface area contributed by atoms with Gasteiger partial charge in [-0.05, 0) is 80.3 Å². The summed E-state index contributed by atoms with van der Waals surface area (Å²) in [6, 6.07) is 15.2. The second kappa shape index (κ2) is 7.67. The molecule has 0 saturated heterocycles. The summed E-state index contributed by atoms with van der Waals surface area (Å²) in [7, 11) is 0. The molecule has 2 N–H and O–H groups in total. The van der Waals surface area contributed by atoms with Crippen molar-refractivity contribution in [2.75, 3.05) is 5.32 Å². The second-order valence-corrected chi connectivity index (χ2v) is 7.82. The maximum absolute atomic E-state index is 12.9. The standard InChI is InChI=1S/C25H25N3O2/c1-15-7-8-19(12-17(15)3)24-22(28-11-5-6-16(2)25(28)27-24)14-23(30)26-21-10-9-20(29)13-18(21)4/h5-13,29H,14H2,1-4H3,(H,26,30).